The van der Waals surface area contributed by atoms with E-state index < -0.39 is 0 Å². The number of rotatable bonds is 9. The predicted molar refractivity (Wildman–Crippen MR) is 142 cm³/mol. The fourth-order valence-corrected chi connectivity index (χ4v) is 4.54. The zero-order valence-corrected chi connectivity index (χ0v) is 21.4. The number of hydrogen-bond donors (Lipinski definition) is 3. The van der Waals surface area contributed by atoms with Gasteiger partial charge in [-0.15, -0.1) is 0 Å². The third kappa shape index (κ3) is 6.16. The first-order valence-corrected chi connectivity index (χ1v) is 13.0. The molecule has 1 aliphatic carbocycles. The third-order valence-electron chi connectivity index (χ3n) is 6.97. The molecule has 1 saturated heterocycles. The maximum absolute atomic E-state index is 12.7. The Bertz CT molecular complexity index is 1290. The zero-order chi connectivity index (χ0) is 26.5. The number of imidazole rings is 1. The largest absolute Gasteiger partial charge is 0.356 e. The van der Waals surface area contributed by atoms with Crippen LogP contribution in [0.15, 0.2) is 49.1 Å². The molecule has 0 unspecified atom stereocenters. The number of hydrogen-bond acceptors (Lipinski definition) is 7. The van der Waals surface area contributed by atoms with Crippen LogP contribution in [0.25, 0.3) is 5.82 Å². The van der Waals surface area contributed by atoms with Crippen LogP contribution >= 0.6 is 0 Å². The molecule has 1 aliphatic heterocycles. The van der Waals surface area contributed by atoms with Crippen molar-refractivity contribution in [1.82, 2.24) is 30.2 Å². The van der Waals surface area contributed by atoms with Gasteiger partial charge >= 0.3 is 0 Å². The van der Waals surface area contributed by atoms with Gasteiger partial charge in [-0.3, -0.25) is 19.0 Å². The molecule has 1 aromatic carbocycles. The molecule has 3 amide bonds. The minimum Gasteiger partial charge on any atom is -0.356 e. The molecule has 11 nitrogen and oxygen atoms in total. The highest BCUT2D eigenvalue weighted by molar-refractivity contribution is 5.96. The summed E-state index contributed by atoms with van der Waals surface area (Å²) in [5.74, 6) is 2.34. The van der Waals surface area contributed by atoms with Gasteiger partial charge in [-0.05, 0) is 56.9 Å². The van der Waals surface area contributed by atoms with Crippen molar-refractivity contribution < 1.29 is 14.4 Å². The van der Waals surface area contributed by atoms with Crippen molar-refractivity contribution in [3.63, 3.8) is 0 Å². The number of nitrogens with zero attached hydrogens (tertiary/aromatic N) is 5. The fraction of sp³-hybridized carbons (Fsp3) is 0.407. The maximum Gasteiger partial charge on any atom is 0.251 e. The highest BCUT2D eigenvalue weighted by Gasteiger charge is 2.29. The van der Waals surface area contributed by atoms with Gasteiger partial charge in [-0.1, -0.05) is 0 Å². The van der Waals surface area contributed by atoms with Crippen LogP contribution < -0.4 is 20.9 Å². The summed E-state index contributed by atoms with van der Waals surface area (Å²) in [6, 6.07) is 8.76. The van der Waals surface area contributed by atoms with E-state index in [1.54, 1.807) is 36.8 Å². The quantitative estimate of drug-likeness (QED) is 0.371. The summed E-state index contributed by atoms with van der Waals surface area (Å²) in [5, 5.41) is 8.62. The van der Waals surface area contributed by atoms with Crippen LogP contribution in [0.4, 0.5) is 11.5 Å². The fourth-order valence-electron chi connectivity index (χ4n) is 4.54. The summed E-state index contributed by atoms with van der Waals surface area (Å²) in [6.07, 6.45) is 8.50. The van der Waals surface area contributed by atoms with E-state index in [4.69, 9.17) is 0 Å². The number of carbonyl (C=O) groups is 3. The molecule has 0 bridgehead atoms. The lowest BCUT2D eigenvalue weighted by Crippen LogP contribution is -2.42. The smallest absolute Gasteiger partial charge is 0.251 e. The Kier molecular flexibility index (Phi) is 7.62. The van der Waals surface area contributed by atoms with E-state index in [1.165, 1.54) is 0 Å². The minimum atomic E-state index is -0.220. The molecular formula is C27H32N8O3. The molecule has 11 heteroatoms. The molecule has 0 spiro atoms. The van der Waals surface area contributed by atoms with Gasteiger partial charge in [-0.25, -0.2) is 15.0 Å². The number of aromatic nitrogens is 4. The monoisotopic (exact) mass is 516 g/mol. The maximum atomic E-state index is 12.7. The highest BCUT2D eigenvalue weighted by Crippen LogP contribution is 2.30. The van der Waals surface area contributed by atoms with Crippen LogP contribution in [0.2, 0.25) is 0 Å². The number of benzene rings is 1. The van der Waals surface area contributed by atoms with Crippen LogP contribution in [0.5, 0.6) is 0 Å². The van der Waals surface area contributed by atoms with E-state index >= 15 is 0 Å². The van der Waals surface area contributed by atoms with Crippen LogP contribution in [-0.2, 0) is 9.59 Å². The highest BCUT2D eigenvalue weighted by atomic mass is 16.2. The van der Waals surface area contributed by atoms with Gasteiger partial charge in [0, 0.05) is 67.7 Å². The van der Waals surface area contributed by atoms with Gasteiger partial charge in [0.2, 0.25) is 11.8 Å². The van der Waals surface area contributed by atoms with Crippen LogP contribution in [0, 0.1) is 18.8 Å². The van der Waals surface area contributed by atoms with E-state index in [2.05, 4.69) is 35.8 Å². The average molecular weight is 517 g/mol. The number of nitrogens with one attached hydrogen (secondary N) is 3. The van der Waals surface area contributed by atoms with Gasteiger partial charge < -0.3 is 20.9 Å². The van der Waals surface area contributed by atoms with Crippen molar-refractivity contribution in [3.05, 3.63) is 60.4 Å². The molecule has 1 saturated carbocycles. The molecule has 38 heavy (non-hydrogen) atoms. The molecule has 0 radical (unpaired) electrons. The van der Waals surface area contributed by atoms with Crippen molar-refractivity contribution in [1.29, 1.82) is 0 Å². The first-order chi connectivity index (χ1) is 18.5. The predicted octanol–water partition coefficient (Wildman–Crippen LogP) is 2.08. The van der Waals surface area contributed by atoms with E-state index in [0.29, 0.717) is 24.3 Å². The summed E-state index contributed by atoms with van der Waals surface area (Å²) >= 11 is 0. The second-order valence-corrected chi connectivity index (χ2v) is 9.73. The molecule has 198 valence electrons. The number of carbonyl (C=O) groups excluding carboxylic acids is 3. The number of amides is 3. The van der Waals surface area contributed by atoms with E-state index in [0.717, 1.165) is 56.2 Å². The van der Waals surface area contributed by atoms with Crippen LogP contribution in [0.1, 0.15) is 41.9 Å². The number of aryl methyl sites for hydroxylation is 1. The summed E-state index contributed by atoms with van der Waals surface area (Å²) < 4.78 is 1.91. The van der Waals surface area contributed by atoms with Gasteiger partial charge in [0.05, 0.1) is 0 Å². The molecule has 0 atom stereocenters. The SMILES string of the molecule is Cc1nccn1-c1cc(N2CCC(C(=O)NCCNC(=O)c3ccc(NC(=O)C4CC4)cc3)CC2)ncn1. The van der Waals surface area contributed by atoms with Crippen LogP contribution in [-0.4, -0.2) is 63.4 Å². The summed E-state index contributed by atoms with van der Waals surface area (Å²) in [6.45, 7) is 4.07. The summed E-state index contributed by atoms with van der Waals surface area (Å²) in [5.41, 5.74) is 1.19. The Labute approximate surface area is 221 Å². The van der Waals surface area contributed by atoms with Crippen molar-refractivity contribution in [2.24, 2.45) is 11.8 Å². The standard InChI is InChI=1S/C27H32N8O3/c1-18-28-12-15-35(18)24-16-23(31-17-32-24)34-13-8-21(9-14-34)26(37)30-11-10-29-25(36)19-4-6-22(7-5-19)33-27(38)20-2-3-20/h4-7,12,15-17,20-21H,2-3,8-11,13-14H2,1H3,(H,29,36)(H,30,37)(H,33,38). The Morgan fingerprint density at radius 3 is 2.24 bits per heavy atom. The second kappa shape index (κ2) is 11.4. The lowest BCUT2D eigenvalue weighted by molar-refractivity contribution is -0.125. The molecule has 3 N–H and O–H groups in total. The lowest BCUT2D eigenvalue weighted by Gasteiger charge is -2.32. The first-order valence-electron chi connectivity index (χ1n) is 13.0. The van der Waals surface area contributed by atoms with E-state index in [-0.39, 0.29) is 29.6 Å². The van der Waals surface area contributed by atoms with Crippen LogP contribution in [0.3, 0.4) is 0 Å². The Morgan fingerprint density at radius 1 is 0.868 bits per heavy atom. The Morgan fingerprint density at radius 2 is 1.55 bits per heavy atom. The normalized spacial score (nSPS) is 15.7. The van der Waals surface area contributed by atoms with Gasteiger partial charge in [0.15, 0.2) is 0 Å². The number of piperidine rings is 1. The number of anilines is 2. The van der Waals surface area contributed by atoms with Crippen molar-refractivity contribution >= 4 is 29.2 Å². The van der Waals surface area contributed by atoms with Gasteiger partial charge in [0.25, 0.3) is 5.91 Å². The van der Waals surface area contributed by atoms with E-state index in [1.807, 2.05) is 23.8 Å². The molecule has 3 heterocycles. The molecule has 5 rings (SSSR count). The lowest BCUT2D eigenvalue weighted by atomic mass is 9.96. The van der Waals surface area contributed by atoms with E-state index in [9.17, 15) is 14.4 Å². The summed E-state index contributed by atoms with van der Waals surface area (Å²) in [4.78, 5) is 52.1. The molecular weight excluding hydrogens is 484 g/mol. The summed E-state index contributed by atoms with van der Waals surface area (Å²) in [7, 11) is 0. The van der Waals surface area contributed by atoms with Gasteiger partial charge in [-0.2, -0.15) is 0 Å². The van der Waals surface area contributed by atoms with Crippen molar-refractivity contribution in [3.8, 4) is 5.82 Å². The first kappa shape index (κ1) is 25.4. The topological polar surface area (TPSA) is 134 Å². The minimum absolute atomic E-state index is 0.00655. The van der Waals surface area contributed by atoms with Crippen molar-refractivity contribution in [2.75, 3.05) is 36.4 Å². The molecule has 2 fully saturated rings. The zero-order valence-electron chi connectivity index (χ0n) is 21.4. The molecule has 3 aromatic rings. The van der Waals surface area contributed by atoms with Crippen molar-refractivity contribution in [2.45, 2.75) is 32.6 Å². The Balaban J connectivity index is 1.02. The molecule has 2 aromatic heterocycles. The average Bonchev–Trinajstić information content (AvgIpc) is 3.72. The third-order valence-corrected chi connectivity index (χ3v) is 6.97. The van der Waals surface area contributed by atoms with Gasteiger partial charge in [0.1, 0.15) is 23.8 Å². The molecule has 2 aliphatic rings. The second-order valence-electron chi connectivity index (χ2n) is 9.73. The Hall–Kier alpha value is -4.28.